The van der Waals surface area contributed by atoms with Crippen molar-refractivity contribution in [1.29, 1.82) is 0 Å². The molecule has 2 aliphatic heterocycles. The summed E-state index contributed by atoms with van der Waals surface area (Å²) in [6.07, 6.45) is -5.09. The van der Waals surface area contributed by atoms with Gasteiger partial charge in [-0.05, 0) is 23.2 Å². The number of nitrogens with zero attached hydrogens (tertiary/aromatic N) is 5. The van der Waals surface area contributed by atoms with Crippen LogP contribution in [-0.2, 0) is 30.6 Å². The summed E-state index contributed by atoms with van der Waals surface area (Å²) in [7, 11) is 0. The molecule has 272 valence electrons. The Kier molecular flexibility index (Phi) is 12.2. The van der Waals surface area contributed by atoms with Gasteiger partial charge in [0.1, 0.15) is 24.6 Å². The number of hydrogen-bond acceptors (Lipinski definition) is 13. The quantitative estimate of drug-likeness (QED) is 0.0259. The first-order valence-corrected chi connectivity index (χ1v) is 16.7. The number of aliphatic hydroxyl groups is 2. The average Bonchev–Trinajstić information content (AvgIpc) is 3.57. The number of benzene rings is 2. The smallest absolute Gasteiger partial charge is 0.338 e. The van der Waals surface area contributed by atoms with E-state index in [1.165, 1.54) is 12.4 Å². The molecule has 6 rings (SSSR count). The van der Waals surface area contributed by atoms with Crippen LogP contribution in [0.4, 0.5) is 0 Å². The number of alkyl halides is 1. The number of aromatic amines is 2. The minimum atomic E-state index is -1.75. The molecular weight excluding hydrogens is 801 g/mol. The van der Waals surface area contributed by atoms with E-state index in [1.807, 2.05) is 57.9 Å². The Labute approximate surface area is 305 Å². The minimum Gasteiger partial charge on any atom is -0.469 e. The number of esters is 1. The maximum atomic E-state index is 13.0. The van der Waals surface area contributed by atoms with Crippen LogP contribution in [0.15, 0.2) is 122 Å². The molecule has 0 saturated carbocycles. The Hall–Kier alpha value is -5.35. The molecule has 2 fully saturated rings. The first-order chi connectivity index (χ1) is 25.0. The van der Waals surface area contributed by atoms with Crippen molar-refractivity contribution in [2.45, 2.75) is 49.2 Å². The number of aliphatic hydroxyl groups excluding tert-OH is 2. The second kappa shape index (κ2) is 16.8. The van der Waals surface area contributed by atoms with Crippen LogP contribution in [-0.4, -0.2) is 69.9 Å². The highest BCUT2D eigenvalue weighted by Crippen LogP contribution is 2.43. The summed E-state index contributed by atoms with van der Waals surface area (Å²) in [5, 5.41) is 22.8. The molecule has 0 aliphatic carbocycles. The standard InChI is InChI=1S/C23H20IN5O7.C9H10N2O5/c24-14-23(27-28-25)19(34-21(31)16-9-5-2-6-10-16)18(36-33-13-15-7-3-1-4-8-15)20(35-23)29-12-11-17(30)26-22(29)32;1-4-6(13)7(14)8(16-4)11-3-2-5(12)10-9(11)15/h1-12,18-20H,13-14H2,(H,26,30,32);2-3,6-8,13-14H,1H2,(H,10,12,15)/t18-,19+,20-,23-;6-,7-,8-/m11/s1. The number of ether oxygens (including phenoxy) is 3. The first-order valence-electron chi connectivity index (χ1n) is 15.2. The fourth-order valence-electron chi connectivity index (χ4n) is 5.14. The van der Waals surface area contributed by atoms with Gasteiger partial charge in [-0.3, -0.25) is 28.7 Å². The summed E-state index contributed by atoms with van der Waals surface area (Å²) in [4.78, 5) is 77.6. The van der Waals surface area contributed by atoms with Crippen LogP contribution in [0.2, 0.25) is 0 Å². The van der Waals surface area contributed by atoms with Crippen LogP contribution < -0.4 is 22.5 Å². The van der Waals surface area contributed by atoms with Gasteiger partial charge in [0, 0.05) is 33.9 Å². The van der Waals surface area contributed by atoms with E-state index in [1.54, 1.807) is 30.3 Å². The van der Waals surface area contributed by atoms with Crippen molar-refractivity contribution >= 4 is 28.6 Å². The summed E-state index contributed by atoms with van der Waals surface area (Å²) >= 11 is 1.92. The van der Waals surface area contributed by atoms with E-state index in [4.69, 9.17) is 24.0 Å². The lowest BCUT2D eigenvalue weighted by Gasteiger charge is -2.28. The number of nitrogens with one attached hydrogen (secondary N) is 2. The van der Waals surface area contributed by atoms with Crippen molar-refractivity contribution in [3.8, 4) is 0 Å². The molecule has 2 saturated heterocycles. The molecular formula is C32H30IN7O12. The van der Waals surface area contributed by atoms with E-state index in [2.05, 4.69) is 21.6 Å². The summed E-state index contributed by atoms with van der Waals surface area (Å²) in [5.41, 5.74) is 5.90. The zero-order chi connectivity index (χ0) is 37.4. The predicted octanol–water partition coefficient (Wildman–Crippen LogP) is 1.55. The van der Waals surface area contributed by atoms with Gasteiger partial charge in [-0.15, -0.1) is 0 Å². The third kappa shape index (κ3) is 8.40. The number of carbonyl (C=O) groups is 1. The van der Waals surface area contributed by atoms with Gasteiger partial charge in [-0.1, -0.05) is 82.8 Å². The Balaban J connectivity index is 0.000000272. The van der Waals surface area contributed by atoms with Crippen LogP contribution in [0.5, 0.6) is 0 Å². The molecule has 7 atom stereocenters. The van der Waals surface area contributed by atoms with Crippen molar-refractivity contribution in [2.75, 3.05) is 4.43 Å². The maximum Gasteiger partial charge on any atom is 0.338 e. The minimum absolute atomic E-state index is 0.0180. The lowest BCUT2D eigenvalue weighted by atomic mass is 10.1. The average molecular weight is 832 g/mol. The normalized spacial score (nSPS) is 24.9. The first kappa shape index (κ1) is 37.9. The number of hydrogen-bond donors (Lipinski definition) is 4. The number of aromatic nitrogens is 4. The summed E-state index contributed by atoms with van der Waals surface area (Å²) < 4.78 is 18.9. The van der Waals surface area contributed by atoms with Crippen molar-refractivity contribution < 1.29 is 39.0 Å². The highest BCUT2D eigenvalue weighted by atomic mass is 127. The fourth-order valence-corrected chi connectivity index (χ4v) is 5.91. The Morgan fingerprint density at radius 1 is 0.942 bits per heavy atom. The van der Waals surface area contributed by atoms with Crippen molar-refractivity contribution in [2.24, 2.45) is 5.11 Å². The van der Waals surface area contributed by atoms with Gasteiger partial charge in [0.05, 0.1) is 5.56 Å². The van der Waals surface area contributed by atoms with Gasteiger partial charge in [-0.2, -0.15) is 0 Å². The second-order valence-corrected chi connectivity index (χ2v) is 11.9. The number of carbonyl (C=O) groups excluding carboxylic acids is 1. The molecule has 4 aromatic rings. The van der Waals surface area contributed by atoms with Gasteiger partial charge in [-0.25, -0.2) is 24.2 Å². The molecule has 0 unspecified atom stereocenters. The molecule has 20 heteroatoms. The zero-order valence-electron chi connectivity index (χ0n) is 26.8. The van der Waals surface area contributed by atoms with E-state index >= 15 is 0 Å². The molecule has 0 amide bonds. The van der Waals surface area contributed by atoms with Crippen molar-refractivity contribution in [3.05, 3.63) is 161 Å². The number of rotatable bonds is 10. The van der Waals surface area contributed by atoms with E-state index in [0.29, 0.717) is 0 Å². The van der Waals surface area contributed by atoms with Gasteiger partial charge in [0.25, 0.3) is 11.1 Å². The molecule has 0 spiro atoms. The third-order valence-electron chi connectivity index (χ3n) is 7.71. The highest BCUT2D eigenvalue weighted by molar-refractivity contribution is 14.1. The van der Waals surface area contributed by atoms with Crippen LogP contribution in [0.25, 0.3) is 10.4 Å². The molecule has 4 heterocycles. The molecule has 19 nitrogen and oxygen atoms in total. The van der Waals surface area contributed by atoms with Gasteiger partial charge < -0.3 is 24.4 Å². The molecule has 0 radical (unpaired) electrons. The van der Waals surface area contributed by atoms with Crippen LogP contribution in [0, 0.1) is 0 Å². The van der Waals surface area contributed by atoms with Crippen LogP contribution in [0.1, 0.15) is 28.4 Å². The SMILES string of the molecule is C=C1O[C@@H](n2ccc(=O)[nH]c2=O)[C@H](O)[C@@H]1O.[N-]=[N+]=N[C@]1(CI)O[C@@H](n2ccc(=O)[nH]c2=O)[C@H](OOCc2ccccc2)[C@@H]1OC(=O)c1ccccc1. The van der Waals surface area contributed by atoms with Gasteiger partial charge in [0.2, 0.25) is 6.23 Å². The maximum absolute atomic E-state index is 13.0. The molecule has 52 heavy (non-hydrogen) atoms. The monoisotopic (exact) mass is 831 g/mol. The second-order valence-electron chi connectivity index (χ2n) is 11.1. The zero-order valence-corrected chi connectivity index (χ0v) is 28.9. The Bertz CT molecular complexity index is 2170. The predicted molar refractivity (Wildman–Crippen MR) is 187 cm³/mol. The van der Waals surface area contributed by atoms with E-state index in [0.717, 1.165) is 26.8 Å². The molecule has 2 aromatic heterocycles. The molecule has 0 bridgehead atoms. The summed E-state index contributed by atoms with van der Waals surface area (Å²) in [6.45, 7) is 3.42. The van der Waals surface area contributed by atoms with Crippen molar-refractivity contribution in [1.82, 2.24) is 19.1 Å². The number of H-pyrrole nitrogens is 2. The largest absolute Gasteiger partial charge is 0.469 e. The molecule has 4 N–H and O–H groups in total. The fraction of sp³-hybridized carbons (Fsp3) is 0.281. The Morgan fingerprint density at radius 2 is 1.52 bits per heavy atom. The molecule has 2 aromatic carbocycles. The molecule has 2 aliphatic rings. The highest BCUT2D eigenvalue weighted by Gasteiger charge is 2.59. The topological polar surface area (TPSA) is 262 Å². The number of halogens is 1. The van der Waals surface area contributed by atoms with E-state index in [-0.39, 0.29) is 22.4 Å². The summed E-state index contributed by atoms with van der Waals surface area (Å²) in [6, 6.07) is 19.6. The van der Waals surface area contributed by atoms with E-state index < -0.39 is 71.1 Å². The lowest BCUT2D eigenvalue weighted by Crippen LogP contribution is -2.47. The van der Waals surface area contributed by atoms with Crippen LogP contribution >= 0.6 is 22.6 Å². The Morgan fingerprint density at radius 3 is 2.04 bits per heavy atom. The van der Waals surface area contributed by atoms with Crippen molar-refractivity contribution in [3.63, 3.8) is 0 Å². The number of azide groups is 1. The lowest BCUT2D eigenvalue weighted by molar-refractivity contribution is -0.352. The third-order valence-corrected chi connectivity index (χ3v) is 8.81. The van der Waals surface area contributed by atoms with Gasteiger partial charge >= 0.3 is 17.3 Å². The van der Waals surface area contributed by atoms with E-state index in [9.17, 15) is 39.7 Å². The van der Waals surface area contributed by atoms with Crippen LogP contribution in [0.3, 0.4) is 0 Å². The summed E-state index contributed by atoms with van der Waals surface area (Å²) in [5.74, 6) is -0.742. The van der Waals surface area contributed by atoms with Gasteiger partial charge in [0.15, 0.2) is 24.2 Å².